The molecule has 2 rings (SSSR count). The number of hydrogen-bond donors (Lipinski definition) is 1. The Kier molecular flexibility index (Phi) is 1.54. The van der Waals surface area contributed by atoms with Crippen molar-refractivity contribution in [3.63, 3.8) is 0 Å². The van der Waals surface area contributed by atoms with Crippen LogP contribution in [0.15, 0.2) is 24.3 Å². The van der Waals surface area contributed by atoms with E-state index in [1.54, 1.807) is 12.1 Å². The third-order valence-electron chi connectivity index (χ3n) is 2.10. The van der Waals surface area contributed by atoms with Crippen LogP contribution in [0.3, 0.4) is 0 Å². The number of aromatic hydroxyl groups is 1. The molecule has 0 atom stereocenters. The van der Waals surface area contributed by atoms with Gasteiger partial charge in [0.15, 0.2) is 0 Å². The Morgan fingerprint density at radius 1 is 1.42 bits per heavy atom. The van der Waals surface area contributed by atoms with Gasteiger partial charge in [0.05, 0.1) is 0 Å². The first-order valence-corrected chi connectivity index (χ1v) is 3.98. The molecule has 0 fully saturated rings. The second-order valence-electron chi connectivity index (χ2n) is 3.03. The van der Waals surface area contributed by atoms with E-state index in [0.717, 1.165) is 12.2 Å². The summed E-state index contributed by atoms with van der Waals surface area (Å²) >= 11 is 0. The number of nitrogens with zero attached hydrogens (tertiary/aromatic N) is 1. The van der Waals surface area contributed by atoms with Crippen molar-refractivity contribution in [2.45, 2.75) is 0 Å². The maximum atomic E-state index is 9.26. The molecule has 1 heterocycles. The number of hydrogen-bond acceptors (Lipinski definition) is 2. The van der Waals surface area contributed by atoms with Crippen molar-refractivity contribution in [1.29, 1.82) is 0 Å². The molecule has 0 amide bonds. The fraction of sp³-hybridized carbons (Fsp3) is 0.200. The van der Waals surface area contributed by atoms with Crippen molar-refractivity contribution < 1.29 is 5.11 Å². The molecule has 12 heavy (non-hydrogen) atoms. The summed E-state index contributed by atoms with van der Waals surface area (Å²) in [7, 11) is 2.02. The number of phenols is 1. The molecule has 1 aromatic carbocycles. The SMILES string of the molecule is CN1CC=Cc2ccc(O)cc21. The lowest BCUT2D eigenvalue weighted by Crippen LogP contribution is -2.19. The van der Waals surface area contributed by atoms with Crippen molar-refractivity contribution in [3.8, 4) is 5.75 Å². The van der Waals surface area contributed by atoms with Crippen molar-refractivity contribution in [1.82, 2.24) is 0 Å². The fourth-order valence-electron chi connectivity index (χ4n) is 1.44. The highest BCUT2D eigenvalue weighted by Crippen LogP contribution is 2.28. The Hall–Kier alpha value is -1.44. The molecule has 1 aromatic rings. The average Bonchev–Trinajstić information content (AvgIpc) is 2.07. The third-order valence-corrected chi connectivity index (χ3v) is 2.10. The lowest BCUT2D eigenvalue weighted by molar-refractivity contribution is 0.475. The van der Waals surface area contributed by atoms with Crippen LogP contribution in [0, 0.1) is 0 Å². The quantitative estimate of drug-likeness (QED) is 0.627. The highest BCUT2D eigenvalue weighted by atomic mass is 16.3. The summed E-state index contributed by atoms with van der Waals surface area (Å²) < 4.78 is 0. The highest BCUT2D eigenvalue weighted by molar-refractivity contribution is 5.72. The van der Waals surface area contributed by atoms with Gasteiger partial charge in [-0.3, -0.25) is 0 Å². The number of benzene rings is 1. The molecule has 0 saturated heterocycles. The normalized spacial score (nSPS) is 14.6. The number of likely N-dealkylation sites (N-methyl/N-ethyl adjacent to an activating group) is 1. The van der Waals surface area contributed by atoms with Crippen LogP contribution in [0.25, 0.3) is 6.08 Å². The van der Waals surface area contributed by atoms with E-state index in [1.807, 2.05) is 13.1 Å². The molecule has 2 heteroatoms. The van der Waals surface area contributed by atoms with Crippen molar-refractivity contribution in [3.05, 3.63) is 29.8 Å². The van der Waals surface area contributed by atoms with Gasteiger partial charge in [-0.05, 0) is 17.7 Å². The first-order valence-electron chi connectivity index (χ1n) is 3.98. The Balaban J connectivity index is 2.56. The zero-order valence-electron chi connectivity index (χ0n) is 6.99. The van der Waals surface area contributed by atoms with Crippen molar-refractivity contribution in [2.75, 3.05) is 18.5 Å². The van der Waals surface area contributed by atoms with Gasteiger partial charge in [0.25, 0.3) is 0 Å². The molecule has 0 bridgehead atoms. The Morgan fingerprint density at radius 2 is 2.25 bits per heavy atom. The fourth-order valence-corrected chi connectivity index (χ4v) is 1.44. The molecule has 2 nitrogen and oxygen atoms in total. The van der Waals surface area contributed by atoms with Gasteiger partial charge < -0.3 is 10.0 Å². The summed E-state index contributed by atoms with van der Waals surface area (Å²) in [5.41, 5.74) is 2.26. The minimum Gasteiger partial charge on any atom is -0.508 e. The smallest absolute Gasteiger partial charge is 0.117 e. The maximum absolute atomic E-state index is 9.26. The van der Waals surface area contributed by atoms with Gasteiger partial charge in [0, 0.05) is 25.3 Å². The Morgan fingerprint density at radius 3 is 3.08 bits per heavy atom. The van der Waals surface area contributed by atoms with E-state index in [0.29, 0.717) is 5.75 Å². The third kappa shape index (κ3) is 1.05. The first kappa shape index (κ1) is 7.22. The average molecular weight is 161 g/mol. The molecule has 1 N–H and O–H groups in total. The zero-order valence-corrected chi connectivity index (χ0v) is 6.99. The molecule has 0 aliphatic carbocycles. The molecule has 0 spiro atoms. The van der Waals surface area contributed by atoms with E-state index in [2.05, 4.69) is 17.1 Å². The monoisotopic (exact) mass is 161 g/mol. The largest absolute Gasteiger partial charge is 0.508 e. The van der Waals surface area contributed by atoms with E-state index in [9.17, 15) is 5.11 Å². The van der Waals surface area contributed by atoms with Gasteiger partial charge in [-0.25, -0.2) is 0 Å². The van der Waals surface area contributed by atoms with Crippen LogP contribution in [-0.2, 0) is 0 Å². The number of fused-ring (bicyclic) bond motifs is 1. The molecule has 0 unspecified atom stereocenters. The summed E-state index contributed by atoms with van der Waals surface area (Å²) in [4.78, 5) is 2.11. The topological polar surface area (TPSA) is 23.5 Å². The summed E-state index contributed by atoms with van der Waals surface area (Å²) in [5.74, 6) is 0.330. The molecule has 1 aliphatic rings. The Bertz CT molecular complexity index is 331. The molecule has 1 aliphatic heterocycles. The molecular weight excluding hydrogens is 150 g/mol. The number of rotatable bonds is 0. The van der Waals surface area contributed by atoms with Crippen LogP contribution in [0.4, 0.5) is 5.69 Å². The summed E-state index contributed by atoms with van der Waals surface area (Å²) in [6.45, 7) is 0.913. The predicted molar refractivity (Wildman–Crippen MR) is 50.4 cm³/mol. The summed E-state index contributed by atoms with van der Waals surface area (Å²) in [6.07, 6.45) is 4.19. The van der Waals surface area contributed by atoms with E-state index < -0.39 is 0 Å². The summed E-state index contributed by atoms with van der Waals surface area (Å²) in [5, 5.41) is 9.26. The van der Waals surface area contributed by atoms with E-state index in [4.69, 9.17) is 0 Å². The maximum Gasteiger partial charge on any atom is 0.117 e. The lowest BCUT2D eigenvalue weighted by atomic mass is 10.1. The zero-order chi connectivity index (χ0) is 8.55. The minimum absolute atomic E-state index is 0.330. The van der Waals surface area contributed by atoms with Gasteiger partial charge in [0.2, 0.25) is 0 Å². The van der Waals surface area contributed by atoms with Crippen LogP contribution >= 0.6 is 0 Å². The van der Waals surface area contributed by atoms with Gasteiger partial charge in [0.1, 0.15) is 5.75 Å². The number of phenolic OH excluding ortho intramolecular Hbond substituents is 1. The molecule has 0 saturated carbocycles. The van der Waals surface area contributed by atoms with Gasteiger partial charge in [-0.15, -0.1) is 0 Å². The van der Waals surface area contributed by atoms with Gasteiger partial charge in [-0.2, -0.15) is 0 Å². The second kappa shape index (κ2) is 2.55. The van der Waals surface area contributed by atoms with Gasteiger partial charge in [-0.1, -0.05) is 12.2 Å². The molecular formula is C10H11NO. The highest BCUT2D eigenvalue weighted by Gasteiger charge is 2.08. The number of anilines is 1. The van der Waals surface area contributed by atoms with Crippen molar-refractivity contribution in [2.24, 2.45) is 0 Å². The molecule has 0 aromatic heterocycles. The van der Waals surface area contributed by atoms with E-state index >= 15 is 0 Å². The van der Waals surface area contributed by atoms with Crippen LogP contribution < -0.4 is 4.90 Å². The minimum atomic E-state index is 0.330. The Labute approximate surface area is 71.7 Å². The first-order chi connectivity index (χ1) is 5.77. The summed E-state index contributed by atoms with van der Waals surface area (Å²) in [6, 6.07) is 5.43. The van der Waals surface area contributed by atoms with E-state index in [-0.39, 0.29) is 0 Å². The molecule has 62 valence electrons. The predicted octanol–water partition coefficient (Wildman–Crippen LogP) is 1.86. The van der Waals surface area contributed by atoms with E-state index in [1.165, 1.54) is 5.56 Å². The second-order valence-corrected chi connectivity index (χ2v) is 3.03. The van der Waals surface area contributed by atoms with Crippen LogP contribution in [0.5, 0.6) is 5.75 Å². The van der Waals surface area contributed by atoms with Crippen LogP contribution in [0.1, 0.15) is 5.56 Å². The van der Waals surface area contributed by atoms with Crippen LogP contribution in [-0.4, -0.2) is 18.7 Å². The van der Waals surface area contributed by atoms with Crippen LogP contribution in [0.2, 0.25) is 0 Å². The lowest BCUT2D eigenvalue weighted by Gasteiger charge is -2.23. The van der Waals surface area contributed by atoms with Crippen molar-refractivity contribution >= 4 is 11.8 Å². The van der Waals surface area contributed by atoms with Gasteiger partial charge >= 0.3 is 0 Å². The molecule has 0 radical (unpaired) electrons. The standard InChI is InChI=1S/C10H11NO/c1-11-6-2-3-8-4-5-9(12)7-10(8)11/h2-5,7,12H,6H2,1H3.